The quantitative estimate of drug-likeness (QED) is 0.871. The number of carbonyl (C=O) groups is 1. The number of hydrogen-bond acceptors (Lipinski definition) is 3. The summed E-state index contributed by atoms with van der Waals surface area (Å²) in [5, 5.41) is 8.68. The first-order valence-electron chi connectivity index (χ1n) is 5.82. The number of hydrogen-bond donors (Lipinski definition) is 1. The van der Waals surface area contributed by atoms with E-state index in [0.717, 1.165) is 30.6 Å². The lowest BCUT2D eigenvalue weighted by molar-refractivity contribution is -0.144. The molecule has 2 rings (SSSR count). The predicted octanol–water partition coefficient (Wildman–Crippen LogP) is 2.06. The minimum absolute atomic E-state index is 0.104. The molecule has 1 aliphatic rings. The molecule has 1 atom stereocenters. The summed E-state index contributed by atoms with van der Waals surface area (Å²) in [7, 11) is 2.05. The van der Waals surface area contributed by atoms with Crippen molar-refractivity contribution >= 4 is 11.7 Å². The van der Waals surface area contributed by atoms with E-state index in [1.165, 1.54) is 0 Å². The molecule has 1 N–H and O–H groups in total. The Morgan fingerprint density at radius 1 is 1.53 bits per heavy atom. The predicted molar refractivity (Wildman–Crippen MR) is 65.3 cm³/mol. The van der Waals surface area contributed by atoms with Crippen LogP contribution < -0.4 is 4.90 Å². The maximum atomic E-state index is 10.6. The SMILES string of the molecule is CN1CCCC(OCC(=O)O)c2ccccc21. The lowest BCUT2D eigenvalue weighted by Gasteiger charge is -2.21. The molecule has 92 valence electrons. The molecule has 0 amide bonds. The van der Waals surface area contributed by atoms with E-state index in [0.29, 0.717) is 0 Å². The number of rotatable bonds is 3. The summed E-state index contributed by atoms with van der Waals surface area (Å²) in [6.45, 7) is 0.743. The Kier molecular flexibility index (Phi) is 3.64. The fourth-order valence-corrected chi connectivity index (χ4v) is 2.24. The van der Waals surface area contributed by atoms with Crippen molar-refractivity contribution in [3.8, 4) is 0 Å². The van der Waals surface area contributed by atoms with Crippen LogP contribution >= 0.6 is 0 Å². The molecule has 1 heterocycles. The molecule has 0 bridgehead atoms. The summed E-state index contributed by atoms with van der Waals surface area (Å²) in [6, 6.07) is 8.03. The maximum Gasteiger partial charge on any atom is 0.329 e. The Hall–Kier alpha value is -1.55. The first kappa shape index (κ1) is 11.9. The van der Waals surface area contributed by atoms with E-state index in [4.69, 9.17) is 9.84 Å². The monoisotopic (exact) mass is 235 g/mol. The van der Waals surface area contributed by atoms with Crippen LogP contribution in [0.4, 0.5) is 5.69 Å². The van der Waals surface area contributed by atoms with Gasteiger partial charge in [-0.2, -0.15) is 0 Å². The van der Waals surface area contributed by atoms with E-state index in [9.17, 15) is 4.79 Å². The molecule has 0 aromatic heterocycles. The van der Waals surface area contributed by atoms with Crippen molar-refractivity contribution in [3.05, 3.63) is 29.8 Å². The highest BCUT2D eigenvalue weighted by atomic mass is 16.5. The van der Waals surface area contributed by atoms with Gasteiger partial charge in [-0.1, -0.05) is 18.2 Å². The number of fused-ring (bicyclic) bond motifs is 1. The standard InChI is InChI=1S/C13H17NO3/c1-14-8-4-7-12(17-9-13(15)16)10-5-2-3-6-11(10)14/h2-3,5-6,12H,4,7-9H2,1H3,(H,15,16). The number of carboxylic acids is 1. The number of aliphatic carboxylic acids is 1. The molecule has 4 nitrogen and oxygen atoms in total. The molecule has 1 unspecified atom stereocenters. The molecular formula is C13H17NO3. The van der Waals surface area contributed by atoms with Gasteiger partial charge < -0.3 is 14.7 Å². The van der Waals surface area contributed by atoms with Gasteiger partial charge >= 0.3 is 5.97 Å². The van der Waals surface area contributed by atoms with E-state index in [2.05, 4.69) is 18.0 Å². The van der Waals surface area contributed by atoms with E-state index < -0.39 is 5.97 Å². The molecule has 1 aliphatic heterocycles. The summed E-state index contributed by atoms with van der Waals surface area (Å²) in [5.74, 6) is -0.917. The lowest BCUT2D eigenvalue weighted by Crippen LogP contribution is -2.17. The molecule has 1 aromatic carbocycles. The largest absolute Gasteiger partial charge is 0.480 e. The Balaban J connectivity index is 2.22. The first-order valence-corrected chi connectivity index (χ1v) is 5.82. The first-order chi connectivity index (χ1) is 8.18. The number of nitrogens with zero attached hydrogens (tertiary/aromatic N) is 1. The summed E-state index contributed by atoms with van der Waals surface area (Å²) in [5.41, 5.74) is 2.23. The van der Waals surface area contributed by atoms with E-state index in [1.54, 1.807) is 0 Å². The summed E-state index contributed by atoms with van der Waals surface area (Å²) in [4.78, 5) is 12.8. The molecule has 0 saturated heterocycles. The molecule has 0 saturated carbocycles. The zero-order valence-electron chi connectivity index (χ0n) is 9.93. The van der Waals surface area contributed by atoms with Gasteiger partial charge in [0, 0.05) is 24.8 Å². The molecule has 0 aliphatic carbocycles. The van der Waals surface area contributed by atoms with Crippen LogP contribution in [0.15, 0.2) is 24.3 Å². The van der Waals surface area contributed by atoms with Gasteiger partial charge in [-0.25, -0.2) is 4.79 Å². The van der Waals surface area contributed by atoms with Gasteiger partial charge in [0.15, 0.2) is 0 Å². The van der Waals surface area contributed by atoms with Gasteiger partial charge in [-0.3, -0.25) is 0 Å². The highest BCUT2D eigenvalue weighted by molar-refractivity contribution is 5.68. The molecular weight excluding hydrogens is 218 g/mol. The third kappa shape index (κ3) is 2.77. The van der Waals surface area contributed by atoms with Crippen LogP contribution in [0, 0.1) is 0 Å². The van der Waals surface area contributed by atoms with E-state index in [-0.39, 0.29) is 12.7 Å². The van der Waals surface area contributed by atoms with Gasteiger partial charge in [-0.05, 0) is 18.9 Å². The molecule has 0 fully saturated rings. The van der Waals surface area contributed by atoms with Crippen molar-refractivity contribution in [1.29, 1.82) is 0 Å². The zero-order valence-corrected chi connectivity index (χ0v) is 9.93. The topological polar surface area (TPSA) is 49.8 Å². The zero-order chi connectivity index (χ0) is 12.3. The smallest absolute Gasteiger partial charge is 0.329 e. The summed E-state index contributed by atoms with van der Waals surface area (Å²) < 4.78 is 5.47. The second-order valence-electron chi connectivity index (χ2n) is 4.32. The molecule has 0 radical (unpaired) electrons. The van der Waals surface area contributed by atoms with Crippen LogP contribution in [0.25, 0.3) is 0 Å². The maximum absolute atomic E-state index is 10.6. The van der Waals surface area contributed by atoms with Crippen molar-refractivity contribution in [1.82, 2.24) is 0 Å². The van der Waals surface area contributed by atoms with Crippen LogP contribution in [0.3, 0.4) is 0 Å². The van der Waals surface area contributed by atoms with Gasteiger partial charge in [0.05, 0.1) is 6.10 Å². The molecule has 0 spiro atoms. The Morgan fingerprint density at radius 2 is 2.29 bits per heavy atom. The minimum Gasteiger partial charge on any atom is -0.480 e. The van der Waals surface area contributed by atoms with Crippen molar-refractivity contribution in [2.24, 2.45) is 0 Å². The van der Waals surface area contributed by atoms with Crippen molar-refractivity contribution in [2.75, 3.05) is 25.1 Å². The van der Waals surface area contributed by atoms with E-state index >= 15 is 0 Å². The molecule has 17 heavy (non-hydrogen) atoms. The third-order valence-corrected chi connectivity index (χ3v) is 3.06. The number of carboxylic acid groups (broad SMARTS) is 1. The average molecular weight is 235 g/mol. The third-order valence-electron chi connectivity index (χ3n) is 3.06. The molecule has 4 heteroatoms. The van der Waals surface area contributed by atoms with Gasteiger partial charge in [-0.15, -0.1) is 0 Å². The fourth-order valence-electron chi connectivity index (χ4n) is 2.24. The molecule has 1 aromatic rings. The highest BCUT2D eigenvalue weighted by Crippen LogP contribution is 2.34. The number of ether oxygens (including phenoxy) is 1. The van der Waals surface area contributed by atoms with E-state index in [1.807, 2.05) is 18.2 Å². The Bertz CT molecular complexity index is 405. The minimum atomic E-state index is -0.917. The van der Waals surface area contributed by atoms with Crippen molar-refractivity contribution in [2.45, 2.75) is 18.9 Å². The number of para-hydroxylation sites is 1. The Labute approximate surface area is 101 Å². The van der Waals surface area contributed by atoms with Crippen molar-refractivity contribution < 1.29 is 14.6 Å². The average Bonchev–Trinajstić information content (AvgIpc) is 2.47. The van der Waals surface area contributed by atoms with Gasteiger partial charge in [0.25, 0.3) is 0 Å². The van der Waals surface area contributed by atoms with Gasteiger partial charge in [0.1, 0.15) is 6.61 Å². The van der Waals surface area contributed by atoms with Crippen LogP contribution in [-0.2, 0) is 9.53 Å². The Morgan fingerprint density at radius 3 is 3.06 bits per heavy atom. The lowest BCUT2D eigenvalue weighted by atomic mass is 10.0. The van der Waals surface area contributed by atoms with Crippen molar-refractivity contribution in [3.63, 3.8) is 0 Å². The van der Waals surface area contributed by atoms with Gasteiger partial charge in [0.2, 0.25) is 0 Å². The van der Waals surface area contributed by atoms with Crippen LogP contribution in [0.5, 0.6) is 0 Å². The highest BCUT2D eigenvalue weighted by Gasteiger charge is 2.21. The second kappa shape index (κ2) is 5.19. The number of anilines is 1. The van der Waals surface area contributed by atoms with Crippen LogP contribution in [-0.4, -0.2) is 31.3 Å². The van der Waals surface area contributed by atoms with Crippen LogP contribution in [0.1, 0.15) is 24.5 Å². The van der Waals surface area contributed by atoms with Crippen LogP contribution in [0.2, 0.25) is 0 Å². The number of benzene rings is 1. The summed E-state index contributed by atoms with van der Waals surface area (Å²) >= 11 is 0. The normalized spacial score (nSPS) is 19.6. The fraction of sp³-hybridized carbons (Fsp3) is 0.462. The summed E-state index contributed by atoms with van der Waals surface area (Å²) in [6.07, 6.45) is 1.77. The second-order valence-corrected chi connectivity index (χ2v) is 4.32.